The normalized spacial score (nSPS) is 14.0. The van der Waals surface area contributed by atoms with E-state index in [1.807, 2.05) is 0 Å². The molecule has 1 aliphatic rings. The Balaban J connectivity index is 2.14. The van der Waals surface area contributed by atoms with Crippen molar-refractivity contribution in [2.45, 2.75) is 45.6 Å². The van der Waals surface area contributed by atoms with E-state index in [0.717, 1.165) is 12.8 Å². The van der Waals surface area contributed by atoms with Crippen molar-refractivity contribution in [3.05, 3.63) is 33.9 Å². The highest BCUT2D eigenvalue weighted by Crippen LogP contribution is 2.31. The van der Waals surface area contributed by atoms with Gasteiger partial charge < -0.3 is 15.7 Å². The van der Waals surface area contributed by atoms with E-state index >= 15 is 0 Å². The van der Waals surface area contributed by atoms with E-state index in [2.05, 4.69) is 10.6 Å². The fraction of sp³-hybridized carbons (Fsp3) is 0.529. The van der Waals surface area contributed by atoms with Gasteiger partial charge in [-0.3, -0.25) is 19.7 Å². The maximum absolute atomic E-state index is 12.3. The van der Waals surface area contributed by atoms with Crippen LogP contribution in [0.2, 0.25) is 0 Å². The second-order valence-electron chi connectivity index (χ2n) is 6.38. The largest absolute Gasteiger partial charge is 0.481 e. The van der Waals surface area contributed by atoms with E-state index in [0.29, 0.717) is 18.5 Å². The molecule has 0 heterocycles. The second kappa shape index (κ2) is 7.50. The Bertz CT molecular complexity index is 681. The second-order valence-corrected chi connectivity index (χ2v) is 6.38. The summed E-state index contributed by atoms with van der Waals surface area (Å²) < 4.78 is 0. The molecule has 2 rings (SSSR count). The summed E-state index contributed by atoms with van der Waals surface area (Å²) in [6.07, 6.45) is 2.71. The van der Waals surface area contributed by atoms with E-state index in [1.165, 1.54) is 18.2 Å². The Labute approximate surface area is 145 Å². The number of benzene rings is 1. The summed E-state index contributed by atoms with van der Waals surface area (Å²) in [6.45, 7) is 3.49. The highest BCUT2D eigenvalue weighted by molar-refractivity contribution is 5.96. The molecule has 1 aromatic carbocycles. The summed E-state index contributed by atoms with van der Waals surface area (Å²) in [5, 5.41) is 26.3. The number of nitrogens with zero attached hydrogens (tertiary/aromatic N) is 1. The minimum atomic E-state index is -1.03. The molecule has 1 aromatic rings. The third-order valence-corrected chi connectivity index (χ3v) is 4.79. The van der Waals surface area contributed by atoms with Gasteiger partial charge in [0.2, 0.25) is 0 Å². The molecule has 0 spiro atoms. The monoisotopic (exact) mass is 349 g/mol. The predicted molar refractivity (Wildman–Crippen MR) is 92.7 cm³/mol. The van der Waals surface area contributed by atoms with Gasteiger partial charge in [0.05, 0.1) is 10.3 Å². The van der Waals surface area contributed by atoms with Crippen LogP contribution in [-0.2, 0) is 4.79 Å². The molecule has 0 radical (unpaired) electrons. The highest BCUT2D eigenvalue weighted by Gasteiger charge is 2.35. The van der Waals surface area contributed by atoms with Crippen LogP contribution in [0.5, 0.6) is 0 Å². The van der Waals surface area contributed by atoms with Crippen molar-refractivity contribution >= 4 is 23.3 Å². The molecular formula is C17H23N3O5. The van der Waals surface area contributed by atoms with Crippen LogP contribution in [0.4, 0.5) is 11.4 Å². The number of carboxylic acid groups (broad SMARTS) is 1. The summed E-state index contributed by atoms with van der Waals surface area (Å²) in [6, 6.07) is 4.51. The van der Waals surface area contributed by atoms with Gasteiger partial charge in [0.25, 0.3) is 11.6 Å². The van der Waals surface area contributed by atoms with E-state index in [1.54, 1.807) is 13.8 Å². The van der Waals surface area contributed by atoms with E-state index in [4.69, 9.17) is 0 Å². The number of nitro benzene ring substituents is 1. The molecule has 0 bridgehead atoms. The number of anilines is 1. The Hall–Kier alpha value is -2.64. The predicted octanol–water partition coefficient (Wildman–Crippen LogP) is 2.79. The first-order valence-electron chi connectivity index (χ1n) is 8.39. The number of hydrogen-bond acceptors (Lipinski definition) is 5. The van der Waals surface area contributed by atoms with Crippen LogP contribution in [0, 0.1) is 15.5 Å². The average Bonchev–Trinajstić information content (AvgIpc) is 3.40. The fourth-order valence-corrected chi connectivity index (χ4v) is 2.62. The number of aliphatic carboxylic acids is 1. The van der Waals surface area contributed by atoms with E-state index < -0.39 is 22.2 Å². The number of carboxylic acids is 1. The van der Waals surface area contributed by atoms with Gasteiger partial charge in [0.1, 0.15) is 5.69 Å². The molecule has 0 atom stereocenters. The number of carbonyl (C=O) groups excluding carboxylic acids is 1. The molecule has 1 fully saturated rings. The van der Waals surface area contributed by atoms with Crippen molar-refractivity contribution in [2.24, 2.45) is 5.41 Å². The standard InChI is InChI=1S/C17H23N3O5/c1-3-17(4-2,16(22)23)10-18-15(21)11-5-8-13(19-12-6-7-12)14(9-11)20(24)25/h5,8-9,12,19H,3-4,6-7,10H2,1-2H3,(H,18,21)(H,22,23). The summed E-state index contributed by atoms with van der Waals surface area (Å²) in [7, 11) is 0. The lowest BCUT2D eigenvalue weighted by atomic mass is 9.82. The summed E-state index contributed by atoms with van der Waals surface area (Å²) >= 11 is 0. The molecule has 0 unspecified atom stereocenters. The summed E-state index contributed by atoms with van der Waals surface area (Å²) in [5.74, 6) is -1.48. The minimum Gasteiger partial charge on any atom is -0.481 e. The topological polar surface area (TPSA) is 122 Å². The molecule has 136 valence electrons. The molecule has 0 aliphatic heterocycles. The van der Waals surface area contributed by atoms with Crippen LogP contribution < -0.4 is 10.6 Å². The number of amides is 1. The molecule has 0 aromatic heterocycles. The first kappa shape index (κ1) is 18.7. The van der Waals surface area contributed by atoms with E-state index in [-0.39, 0.29) is 23.8 Å². The number of nitro groups is 1. The number of rotatable bonds is 9. The molecular weight excluding hydrogens is 326 g/mol. The van der Waals surface area contributed by atoms with Gasteiger partial charge in [-0.25, -0.2) is 0 Å². The molecule has 1 aliphatic carbocycles. The van der Waals surface area contributed by atoms with Crippen molar-refractivity contribution in [1.82, 2.24) is 5.32 Å². The lowest BCUT2D eigenvalue weighted by molar-refractivity contribution is -0.384. The Kier molecular flexibility index (Phi) is 5.61. The van der Waals surface area contributed by atoms with Crippen molar-refractivity contribution < 1.29 is 19.6 Å². The fourth-order valence-electron chi connectivity index (χ4n) is 2.62. The van der Waals surface area contributed by atoms with Crippen LogP contribution in [0.25, 0.3) is 0 Å². The zero-order valence-electron chi connectivity index (χ0n) is 14.4. The first-order chi connectivity index (χ1) is 11.8. The van der Waals surface area contributed by atoms with Crippen LogP contribution in [0.3, 0.4) is 0 Å². The zero-order valence-corrected chi connectivity index (χ0v) is 14.4. The Morgan fingerprint density at radius 1 is 1.32 bits per heavy atom. The van der Waals surface area contributed by atoms with Crippen LogP contribution in [0.15, 0.2) is 18.2 Å². The Morgan fingerprint density at radius 3 is 2.44 bits per heavy atom. The highest BCUT2D eigenvalue weighted by atomic mass is 16.6. The minimum absolute atomic E-state index is 0.0238. The van der Waals surface area contributed by atoms with Crippen LogP contribution in [-0.4, -0.2) is 34.5 Å². The van der Waals surface area contributed by atoms with Gasteiger partial charge in [-0.1, -0.05) is 13.8 Å². The lowest BCUT2D eigenvalue weighted by Gasteiger charge is -2.26. The molecule has 3 N–H and O–H groups in total. The van der Waals surface area contributed by atoms with Crippen molar-refractivity contribution in [1.29, 1.82) is 0 Å². The Morgan fingerprint density at radius 2 is 1.96 bits per heavy atom. The lowest BCUT2D eigenvalue weighted by Crippen LogP contribution is -2.42. The maximum atomic E-state index is 12.3. The van der Waals surface area contributed by atoms with Crippen LogP contribution in [0.1, 0.15) is 49.9 Å². The number of hydrogen-bond donors (Lipinski definition) is 3. The van der Waals surface area contributed by atoms with Gasteiger partial charge in [-0.05, 0) is 37.8 Å². The van der Waals surface area contributed by atoms with Gasteiger partial charge in [0, 0.05) is 24.2 Å². The zero-order chi connectivity index (χ0) is 18.6. The molecule has 25 heavy (non-hydrogen) atoms. The third kappa shape index (κ3) is 4.26. The first-order valence-corrected chi connectivity index (χ1v) is 8.39. The van der Waals surface area contributed by atoms with E-state index in [9.17, 15) is 24.8 Å². The average molecular weight is 349 g/mol. The summed E-state index contributed by atoms with van der Waals surface area (Å²) in [4.78, 5) is 34.5. The third-order valence-electron chi connectivity index (χ3n) is 4.79. The van der Waals surface area contributed by atoms with Crippen molar-refractivity contribution in [3.63, 3.8) is 0 Å². The smallest absolute Gasteiger partial charge is 0.311 e. The molecule has 1 saturated carbocycles. The molecule has 8 heteroatoms. The number of carbonyl (C=O) groups is 2. The van der Waals surface area contributed by atoms with Gasteiger partial charge >= 0.3 is 5.97 Å². The van der Waals surface area contributed by atoms with Gasteiger partial charge in [0.15, 0.2) is 0 Å². The quantitative estimate of drug-likeness (QED) is 0.465. The van der Waals surface area contributed by atoms with Crippen molar-refractivity contribution in [2.75, 3.05) is 11.9 Å². The van der Waals surface area contributed by atoms with Gasteiger partial charge in [-0.2, -0.15) is 0 Å². The number of nitrogens with one attached hydrogen (secondary N) is 2. The van der Waals surface area contributed by atoms with Gasteiger partial charge in [-0.15, -0.1) is 0 Å². The van der Waals surface area contributed by atoms with Crippen molar-refractivity contribution in [3.8, 4) is 0 Å². The SMILES string of the molecule is CCC(CC)(CNC(=O)c1ccc(NC2CC2)c([N+](=O)[O-])c1)C(=O)O. The molecule has 1 amide bonds. The molecule has 0 saturated heterocycles. The molecule has 8 nitrogen and oxygen atoms in total. The summed E-state index contributed by atoms with van der Waals surface area (Å²) in [5.41, 5.74) is -0.657. The van der Waals surface area contributed by atoms with Crippen LogP contribution >= 0.6 is 0 Å². The maximum Gasteiger partial charge on any atom is 0.311 e.